The molecule has 0 aliphatic carbocycles. The summed E-state index contributed by atoms with van der Waals surface area (Å²) in [7, 11) is 0. The van der Waals surface area contributed by atoms with E-state index < -0.39 is 23.3 Å². The lowest BCUT2D eigenvalue weighted by atomic mass is 9.95. The molecule has 8 nitrogen and oxygen atoms in total. The summed E-state index contributed by atoms with van der Waals surface area (Å²) in [5.41, 5.74) is -0.371. The Morgan fingerprint density at radius 2 is 2.05 bits per heavy atom. The van der Waals surface area contributed by atoms with Gasteiger partial charge in [-0.1, -0.05) is 30.2 Å². The van der Waals surface area contributed by atoms with Crippen LogP contribution in [0.3, 0.4) is 0 Å². The van der Waals surface area contributed by atoms with Crippen molar-refractivity contribution in [1.82, 2.24) is 19.9 Å². The Kier molecular flexibility index (Phi) is 6.78. The van der Waals surface area contributed by atoms with Gasteiger partial charge in [0.25, 0.3) is 0 Å². The third kappa shape index (κ3) is 4.43. The summed E-state index contributed by atoms with van der Waals surface area (Å²) < 4.78 is 58.2. The first-order valence-corrected chi connectivity index (χ1v) is 14.4. The fourth-order valence-corrected chi connectivity index (χ4v) is 6.93. The zero-order valence-electron chi connectivity index (χ0n) is 23.6. The number of ether oxygens (including phenoxy) is 2. The first kappa shape index (κ1) is 27.7. The van der Waals surface area contributed by atoms with E-state index in [2.05, 4.69) is 25.8 Å². The minimum absolute atomic E-state index is 0.000529. The van der Waals surface area contributed by atoms with E-state index >= 15 is 4.39 Å². The normalized spacial score (nSPS) is 23.3. The van der Waals surface area contributed by atoms with Gasteiger partial charge in [-0.05, 0) is 37.8 Å². The van der Waals surface area contributed by atoms with Crippen molar-refractivity contribution in [1.29, 1.82) is 0 Å². The molecule has 0 spiro atoms. The van der Waals surface area contributed by atoms with Gasteiger partial charge in [0.05, 0.1) is 23.8 Å². The average Bonchev–Trinajstić information content (AvgIpc) is 3.49. The molecule has 11 heteroatoms. The average molecular weight is 590 g/mol. The standard InChI is InChI=1S/C32H30F3N5O3/c1-3-21-23(34)9-8-19-6-4-7-22(24(19)21)27-26(35)28-25-29(40(12-13-41)18(2)16-42-30(25)36-27)38-31(37-28)43-17-32-10-5-11-39(32)15-20(33)14-32/h1,4,6-9,18,20,41H,5,10-17H2,2H3/t18-,20-,32+/m1/s1. The van der Waals surface area contributed by atoms with E-state index in [0.717, 1.165) is 19.4 Å². The molecule has 2 saturated heterocycles. The highest BCUT2D eigenvalue weighted by molar-refractivity contribution is 6.03. The highest BCUT2D eigenvalue weighted by atomic mass is 19.1. The molecule has 3 atom stereocenters. The Balaban J connectivity index is 1.43. The van der Waals surface area contributed by atoms with Crippen molar-refractivity contribution in [2.24, 2.45) is 0 Å². The van der Waals surface area contributed by atoms with Crippen LogP contribution in [0.15, 0.2) is 30.3 Å². The maximum atomic E-state index is 16.7. The predicted octanol–water partition coefficient (Wildman–Crippen LogP) is 4.64. The van der Waals surface area contributed by atoms with Crippen LogP contribution in [0.1, 0.15) is 31.7 Å². The van der Waals surface area contributed by atoms with Crippen molar-refractivity contribution in [3.8, 4) is 35.5 Å². The number of β-amino-alcohol motifs (C(OH)–C–C–N with tert-alkyl or cyclic N) is 1. The Morgan fingerprint density at radius 3 is 2.86 bits per heavy atom. The molecule has 7 rings (SSSR count). The number of rotatable bonds is 6. The number of fused-ring (bicyclic) bond motifs is 2. The van der Waals surface area contributed by atoms with Crippen LogP contribution in [-0.2, 0) is 0 Å². The van der Waals surface area contributed by atoms with Crippen LogP contribution in [0, 0.1) is 24.0 Å². The molecule has 0 amide bonds. The summed E-state index contributed by atoms with van der Waals surface area (Å²) in [5.74, 6) is 1.44. The topological polar surface area (TPSA) is 83.8 Å². The number of benzene rings is 2. The van der Waals surface area contributed by atoms with Crippen LogP contribution in [0.25, 0.3) is 32.9 Å². The maximum absolute atomic E-state index is 16.7. The molecule has 0 bridgehead atoms. The molecular formula is C32H30F3N5O3. The number of halogens is 3. The Bertz CT molecular complexity index is 1800. The number of aliphatic hydroxyl groups is 1. The largest absolute Gasteiger partial charge is 0.475 e. The van der Waals surface area contributed by atoms with Crippen molar-refractivity contribution in [3.05, 3.63) is 47.5 Å². The summed E-state index contributed by atoms with van der Waals surface area (Å²) >= 11 is 0. The predicted molar refractivity (Wildman–Crippen MR) is 156 cm³/mol. The van der Waals surface area contributed by atoms with Gasteiger partial charge in [0.15, 0.2) is 5.82 Å². The second kappa shape index (κ2) is 10.5. The molecule has 4 aromatic rings. The summed E-state index contributed by atoms with van der Waals surface area (Å²) in [6, 6.07) is 7.64. The highest BCUT2D eigenvalue weighted by Gasteiger charge is 2.49. The van der Waals surface area contributed by atoms with Crippen molar-refractivity contribution in [2.75, 3.05) is 44.4 Å². The number of alkyl halides is 1. The monoisotopic (exact) mass is 589 g/mol. The van der Waals surface area contributed by atoms with E-state index in [1.54, 1.807) is 24.3 Å². The molecule has 43 heavy (non-hydrogen) atoms. The van der Waals surface area contributed by atoms with Crippen molar-refractivity contribution in [2.45, 2.75) is 43.9 Å². The molecule has 5 heterocycles. The molecule has 2 aromatic heterocycles. The van der Waals surface area contributed by atoms with Gasteiger partial charge < -0.3 is 19.5 Å². The third-order valence-electron chi connectivity index (χ3n) is 8.94. The first-order valence-electron chi connectivity index (χ1n) is 14.4. The second-order valence-electron chi connectivity index (χ2n) is 11.5. The van der Waals surface area contributed by atoms with Gasteiger partial charge >= 0.3 is 6.01 Å². The quantitative estimate of drug-likeness (QED) is 0.326. The molecule has 222 valence electrons. The zero-order valence-corrected chi connectivity index (χ0v) is 23.6. The summed E-state index contributed by atoms with van der Waals surface area (Å²) in [6.07, 6.45) is 6.84. The van der Waals surface area contributed by atoms with Crippen LogP contribution in [0.2, 0.25) is 0 Å². The van der Waals surface area contributed by atoms with Gasteiger partial charge in [0.1, 0.15) is 47.6 Å². The van der Waals surface area contributed by atoms with Gasteiger partial charge in [-0.15, -0.1) is 6.42 Å². The number of anilines is 1. The van der Waals surface area contributed by atoms with Gasteiger partial charge in [0.2, 0.25) is 5.88 Å². The third-order valence-corrected chi connectivity index (χ3v) is 8.94. The Hall–Kier alpha value is -4.14. The van der Waals surface area contributed by atoms with Crippen molar-refractivity contribution < 1.29 is 27.8 Å². The number of pyridine rings is 1. The van der Waals surface area contributed by atoms with E-state index in [-0.39, 0.29) is 72.0 Å². The van der Waals surface area contributed by atoms with E-state index in [0.29, 0.717) is 29.6 Å². The molecule has 0 unspecified atom stereocenters. The van der Waals surface area contributed by atoms with Crippen LogP contribution in [0.5, 0.6) is 11.9 Å². The molecule has 0 saturated carbocycles. The second-order valence-corrected chi connectivity index (χ2v) is 11.5. The fourth-order valence-electron chi connectivity index (χ4n) is 6.93. The molecule has 2 aromatic carbocycles. The minimum Gasteiger partial charge on any atom is -0.475 e. The van der Waals surface area contributed by atoms with Crippen LogP contribution in [0.4, 0.5) is 19.0 Å². The lowest BCUT2D eigenvalue weighted by Crippen LogP contribution is -2.43. The zero-order chi connectivity index (χ0) is 29.9. The Morgan fingerprint density at radius 1 is 1.19 bits per heavy atom. The summed E-state index contributed by atoms with van der Waals surface area (Å²) in [5, 5.41) is 11.1. The number of hydrogen-bond donors (Lipinski definition) is 1. The lowest BCUT2D eigenvalue weighted by molar-refractivity contribution is 0.107. The van der Waals surface area contributed by atoms with E-state index in [9.17, 15) is 13.9 Å². The number of aromatic nitrogens is 3. The van der Waals surface area contributed by atoms with Crippen molar-refractivity contribution in [3.63, 3.8) is 0 Å². The summed E-state index contributed by atoms with van der Waals surface area (Å²) in [4.78, 5) is 17.7. The smallest absolute Gasteiger partial charge is 0.319 e. The van der Waals surface area contributed by atoms with Crippen LogP contribution >= 0.6 is 0 Å². The number of hydrogen-bond acceptors (Lipinski definition) is 8. The van der Waals surface area contributed by atoms with Crippen LogP contribution in [-0.4, -0.2) is 82.2 Å². The molecule has 0 radical (unpaired) electrons. The van der Waals surface area contributed by atoms with Gasteiger partial charge in [0, 0.05) is 30.5 Å². The molecule has 1 N–H and O–H groups in total. The highest BCUT2D eigenvalue weighted by Crippen LogP contribution is 2.43. The van der Waals surface area contributed by atoms with Crippen LogP contribution < -0.4 is 14.4 Å². The number of aliphatic hydroxyl groups excluding tert-OH is 1. The fraction of sp³-hybridized carbons (Fsp3) is 0.406. The maximum Gasteiger partial charge on any atom is 0.319 e. The van der Waals surface area contributed by atoms with Gasteiger partial charge in [-0.2, -0.15) is 9.97 Å². The molecule has 2 fully saturated rings. The number of terminal acetylenes is 1. The minimum atomic E-state index is -0.934. The lowest BCUT2D eigenvalue weighted by Gasteiger charge is -2.31. The summed E-state index contributed by atoms with van der Waals surface area (Å²) in [6.45, 7) is 3.42. The SMILES string of the molecule is C#Cc1c(F)ccc2cccc(-c3nc4c5c(nc(OC[C@@]67CCCN6C[C@H](F)C7)nc5c3F)N(CCO)[C@H](C)CO4)c12. The van der Waals surface area contributed by atoms with Gasteiger partial charge in [-0.3, -0.25) is 4.90 Å². The van der Waals surface area contributed by atoms with E-state index in [4.69, 9.17) is 15.9 Å². The van der Waals surface area contributed by atoms with Crippen molar-refractivity contribution >= 4 is 27.5 Å². The molecule has 3 aliphatic rings. The van der Waals surface area contributed by atoms with Gasteiger partial charge in [-0.25, -0.2) is 18.2 Å². The first-order chi connectivity index (χ1) is 20.8. The molecule has 3 aliphatic heterocycles. The number of nitrogens with zero attached hydrogens (tertiary/aromatic N) is 5. The van der Waals surface area contributed by atoms with E-state index in [1.165, 1.54) is 6.07 Å². The van der Waals surface area contributed by atoms with E-state index in [1.807, 2.05) is 11.8 Å². The molecular weight excluding hydrogens is 559 g/mol. The Labute approximate surface area is 246 Å².